The predicted molar refractivity (Wildman–Crippen MR) is 92.8 cm³/mol. The maximum atomic E-state index is 12.3. The van der Waals surface area contributed by atoms with Crippen LogP contribution in [-0.4, -0.2) is 29.3 Å². The molecule has 0 aliphatic heterocycles. The van der Waals surface area contributed by atoms with Crippen LogP contribution in [0.15, 0.2) is 48.7 Å². The monoisotopic (exact) mass is 345 g/mol. The third-order valence-electron chi connectivity index (χ3n) is 4.36. The lowest BCUT2D eigenvalue weighted by Crippen LogP contribution is -2.41. The average Bonchev–Trinajstić information content (AvgIpc) is 3.39. The van der Waals surface area contributed by atoms with E-state index in [1.54, 1.807) is 12.3 Å². The van der Waals surface area contributed by atoms with Crippen molar-refractivity contribution in [3.05, 3.63) is 64.9 Å². The van der Waals surface area contributed by atoms with Gasteiger partial charge in [0, 0.05) is 23.2 Å². The number of halogens is 1. The highest BCUT2D eigenvalue weighted by Gasteiger charge is 2.42. The van der Waals surface area contributed by atoms with Gasteiger partial charge in [0.25, 0.3) is 0 Å². The second kappa shape index (κ2) is 7.20. The Hall–Kier alpha value is -2.11. The number of urea groups is 1. The van der Waals surface area contributed by atoms with Gasteiger partial charge in [-0.15, -0.1) is 0 Å². The highest BCUT2D eigenvalue weighted by atomic mass is 35.5. The maximum Gasteiger partial charge on any atom is 0.315 e. The minimum absolute atomic E-state index is 0.102. The van der Waals surface area contributed by atoms with Crippen LogP contribution in [0.5, 0.6) is 0 Å². The lowest BCUT2D eigenvalue weighted by atomic mass is 10.0. The van der Waals surface area contributed by atoms with Gasteiger partial charge >= 0.3 is 6.03 Å². The fourth-order valence-corrected chi connectivity index (χ4v) is 2.78. The minimum Gasteiger partial charge on any atom is -0.396 e. The average molecular weight is 346 g/mol. The lowest BCUT2D eigenvalue weighted by molar-refractivity contribution is 0.202. The zero-order chi connectivity index (χ0) is 17.0. The second-order valence-electron chi connectivity index (χ2n) is 6.23. The molecular weight excluding hydrogens is 326 g/mol. The van der Waals surface area contributed by atoms with Crippen molar-refractivity contribution in [2.24, 2.45) is 5.41 Å². The first-order chi connectivity index (χ1) is 11.6. The molecule has 2 aromatic rings. The Kier molecular flexibility index (Phi) is 5.02. The van der Waals surface area contributed by atoms with Gasteiger partial charge in [0.15, 0.2) is 0 Å². The summed E-state index contributed by atoms with van der Waals surface area (Å²) < 4.78 is 0. The van der Waals surface area contributed by atoms with Crippen LogP contribution in [0.1, 0.15) is 30.1 Å². The Morgan fingerprint density at radius 1 is 1.29 bits per heavy atom. The number of hydrogen-bond acceptors (Lipinski definition) is 3. The van der Waals surface area contributed by atoms with Crippen molar-refractivity contribution < 1.29 is 9.90 Å². The summed E-state index contributed by atoms with van der Waals surface area (Å²) in [5, 5.41) is 15.7. The fourth-order valence-electron chi connectivity index (χ4n) is 2.58. The third-order valence-corrected chi connectivity index (χ3v) is 4.59. The SMILES string of the molecule is O=C(NCC1(CO)CC1)NC(c1cccc(Cl)c1)c1ccccn1. The Morgan fingerprint density at radius 2 is 2.12 bits per heavy atom. The molecule has 1 unspecified atom stereocenters. The number of aliphatic hydroxyl groups is 1. The molecule has 0 bridgehead atoms. The summed E-state index contributed by atoms with van der Waals surface area (Å²) in [6, 6.07) is 12.2. The maximum absolute atomic E-state index is 12.3. The summed E-state index contributed by atoms with van der Waals surface area (Å²) in [5.41, 5.74) is 1.46. The smallest absolute Gasteiger partial charge is 0.315 e. The number of pyridine rings is 1. The van der Waals surface area contributed by atoms with E-state index < -0.39 is 6.04 Å². The number of aliphatic hydroxyl groups excluding tert-OH is 1. The first-order valence-corrected chi connectivity index (χ1v) is 8.31. The molecule has 24 heavy (non-hydrogen) atoms. The normalized spacial score (nSPS) is 16.2. The molecule has 5 nitrogen and oxygen atoms in total. The van der Waals surface area contributed by atoms with E-state index in [0.29, 0.717) is 11.6 Å². The van der Waals surface area contributed by atoms with E-state index >= 15 is 0 Å². The van der Waals surface area contributed by atoms with Crippen LogP contribution in [0.4, 0.5) is 4.79 Å². The fraction of sp³-hybridized carbons (Fsp3) is 0.333. The van der Waals surface area contributed by atoms with E-state index in [1.807, 2.05) is 36.4 Å². The van der Waals surface area contributed by atoms with Crippen LogP contribution in [0.25, 0.3) is 0 Å². The van der Waals surface area contributed by atoms with Crippen LogP contribution >= 0.6 is 11.6 Å². The van der Waals surface area contributed by atoms with E-state index in [4.69, 9.17) is 11.6 Å². The molecule has 1 fully saturated rings. The molecule has 0 spiro atoms. The Bertz CT molecular complexity index is 704. The largest absolute Gasteiger partial charge is 0.396 e. The molecule has 126 valence electrons. The summed E-state index contributed by atoms with van der Waals surface area (Å²) in [5.74, 6) is 0. The quantitative estimate of drug-likeness (QED) is 0.753. The molecule has 0 saturated heterocycles. The molecule has 3 N–H and O–H groups in total. The van der Waals surface area contributed by atoms with Crippen molar-refractivity contribution >= 4 is 17.6 Å². The van der Waals surface area contributed by atoms with Gasteiger partial charge in [-0.05, 0) is 42.7 Å². The standard InChI is InChI=1S/C18H20ClN3O2/c19-14-5-3-4-13(10-14)16(15-6-1-2-9-20-15)22-17(24)21-11-18(12-23)7-8-18/h1-6,9-10,16,23H,7-8,11-12H2,(H2,21,22,24). The van der Waals surface area contributed by atoms with E-state index in [-0.39, 0.29) is 18.1 Å². The van der Waals surface area contributed by atoms with Crippen LogP contribution in [0.3, 0.4) is 0 Å². The van der Waals surface area contributed by atoms with Gasteiger partial charge < -0.3 is 15.7 Å². The molecule has 1 saturated carbocycles. The van der Waals surface area contributed by atoms with Crippen molar-refractivity contribution in [1.82, 2.24) is 15.6 Å². The summed E-state index contributed by atoms with van der Waals surface area (Å²) in [7, 11) is 0. The molecule has 1 atom stereocenters. The highest BCUT2D eigenvalue weighted by Crippen LogP contribution is 2.44. The molecule has 1 aromatic heterocycles. The molecule has 3 rings (SSSR count). The van der Waals surface area contributed by atoms with Gasteiger partial charge in [0.05, 0.1) is 18.3 Å². The summed E-state index contributed by atoms with van der Waals surface area (Å²) >= 11 is 6.08. The molecule has 2 amide bonds. The zero-order valence-electron chi connectivity index (χ0n) is 13.2. The molecule has 0 radical (unpaired) electrons. The van der Waals surface area contributed by atoms with Gasteiger partial charge in [-0.2, -0.15) is 0 Å². The van der Waals surface area contributed by atoms with Crippen molar-refractivity contribution in [3.63, 3.8) is 0 Å². The van der Waals surface area contributed by atoms with Crippen molar-refractivity contribution in [1.29, 1.82) is 0 Å². The summed E-state index contributed by atoms with van der Waals surface area (Å²) in [6.07, 6.45) is 3.58. The number of aromatic nitrogens is 1. The number of amides is 2. The van der Waals surface area contributed by atoms with Crippen LogP contribution in [-0.2, 0) is 0 Å². The van der Waals surface area contributed by atoms with Gasteiger partial charge in [0.1, 0.15) is 0 Å². The van der Waals surface area contributed by atoms with Crippen molar-refractivity contribution in [2.45, 2.75) is 18.9 Å². The Morgan fingerprint density at radius 3 is 2.75 bits per heavy atom. The van der Waals surface area contributed by atoms with Gasteiger partial charge in [0.2, 0.25) is 0 Å². The number of rotatable bonds is 6. The van der Waals surface area contributed by atoms with Crippen LogP contribution in [0.2, 0.25) is 5.02 Å². The Balaban J connectivity index is 1.74. The topological polar surface area (TPSA) is 74.2 Å². The van der Waals surface area contributed by atoms with Crippen molar-refractivity contribution in [2.75, 3.05) is 13.2 Å². The number of carbonyl (C=O) groups is 1. The minimum atomic E-state index is -0.394. The molecule has 1 aromatic carbocycles. The number of nitrogens with zero attached hydrogens (tertiary/aromatic N) is 1. The Labute approximate surface area is 146 Å². The molecule has 1 aliphatic carbocycles. The summed E-state index contributed by atoms with van der Waals surface area (Å²) in [4.78, 5) is 16.7. The molecule has 6 heteroatoms. The summed E-state index contributed by atoms with van der Waals surface area (Å²) in [6.45, 7) is 0.574. The number of benzene rings is 1. The van der Waals surface area contributed by atoms with Gasteiger partial charge in [-0.3, -0.25) is 4.98 Å². The highest BCUT2D eigenvalue weighted by molar-refractivity contribution is 6.30. The zero-order valence-corrected chi connectivity index (χ0v) is 14.0. The van der Waals surface area contributed by atoms with E-state index in [1.165, 1.54) is 0 Å². The first-order valence-electron chi connectivity index (χ1n) is 7.93. The third kappa shape index (κ3) is 4.04. The molecule has 1 heterocycles. The van der Waals surface area contributed by atoms with E-state index in [2.05, 4.69) is 15.6 Å². The molecule has 1 aliphatic rings. The van der Waals surface area contributed by atoms with E-state index in [9.17, 15) is 9.90 Å². The van der Waals surface area contributed by atoms with Gasteiger partial charge in [-0.1, -0.05) is 29.8 Å². The lowest BCUT2D eigenvalue weighted by Gasteiger charge is -2.20. The molecular formula is C18H20ClN3O2. The van der Waals surface area contributed by atoms with Crippen LogP contribution in [0, 0.1) is 5.41 Å². The number of hydrogen-bond donors (Lipinski definition) is 3. The van der Waals surface area contributed by atoms with Crippen molar-refractivity contribution in [3.8, 4) is 0 Å². The number of nitrogens with one attached hydrogen (secondary N) is 2. The van der Waals surface area contributed by atoms with E-state index in [0.717, 1.165) is 24.1 Å². The van der Waals surface area contributed by atoms with Gasteiger partial charge in [-0.25, -0.2) is 4.79 Å². The number of carbonyl (C=O) groups excluding carboxylic acids is 1. The second-order valence-corrected chi connectivity index (χ2v) is 6.66. The predicted octanol–water partition coefficient (Wildman–Crippen LogP) is 2.90. The first kappa shape index (κ1) is 16.7. The van der Waals surface area contributed by atoms with Crippen LogP contribution < -0.4 is 10.6 Å².